The predicted octanol–water partition coefficient (Wildman–Crippen LogP) is 2.43. The van der Waals surface area contributed by atoms with Gasteiger partial charge in [-0.3, -0.25) is 4.79 Å². The highest BCUT2D eigenvalue weighted by Gasteiger charge is 2.25. The molecular weight excluding hydrogens is 343 g/mol. The van der Waals surface area contributed by atoms with E-state index in [-0.39, 0.29) is 17.4 Å². The Bertz CT molecular complexity index is 792. The molecule has 0 aliphatic carbocycles. The second kappa shape index (κ2) is 7.57. The highest BCUT2D eigenvalue weighted by Crippen LogP contribution is 2.23. The van der Waals surface area contributed by atoms with E-state index >= 15 is 0 Å². The quantitative estimate of drug-likeness (QED) is 0.780. The number of nitriles is 1. The van der Waals surface area contributed by atoms with E-state index in [4.69, 9.17) is 9.68 Å². The summed E-state index contributed by atoms with van der Waals surface area (Å²) in [6.07, 6.45) is 0. The summed E-state index contributed by atoms with van der Waals surface area (Å²) >= 11 is 1.39. The molecule has 0 bridgehead atoms. The Kier molecular flexibility index (Phi) is 5.24. The minimum atomic E-state index is -0.286. The lowest BCUT2D eigenvalue weighted by molar-refractivity contribution is -0.128. The monoisotopic (exact) mass is 360 g/mol. The molecule has 1 amide bonds. The third kappa shape index (κ3) is 4.12. The van der Waals surface area contributed by atoms with Gasteiger partial charge in [-0.05, 0) is 24.3 Å². The topological polar surface area (TPSA) is 73.4 Å². The molecule has 3 rings (SSSR count). The summed E-state index contributed by atoms with van der Waals surface area (Å²) < 4.78 is 18.4. The van der Waals surface area contributed by atoms with E-state index in [1.807, 2.05) is 11.0 Å². The summed E-state index contributed by atoms with van der Waals surface area (Å²) in [4.78, 5) is 21.0. The number of thioether (sulfide) groups is 1. The highest BCUT2D eigenvalue weighted by atomic mass is 32.2. The Hall–Kier alpha value is -2.53. The van der Waals surface area contributed by atoms with E-state index in [1.54, 1.807) is 24.0 Å². The standard InChI is InChI=1S/C17H17FN4O2S/c1-12-20-15(10-19)17(24-12)22-8-6-21(7-9-22)16(23)11-25-14-4-2-13(18)3-5-14/h2-5H,6-9,11H2,1H3. The second-order valence-electron chi connectivity index (χ2n) is 5.61. The molecule has 130 valence electrons. The van der Waals surface area contributed by atoms with Crippen LogP contribution in [-0.4, -0.2) is 47.7 Å². The van der Waals surface area contributed by atoms with Crippen LogP contribution in [0.25, 0.3) is 0 Å². The molecule has 1 saturated heterocycles. The Balaban J connectivity index is 1.52. The number of hydrogen-bond acceptors (Lipinski definition) is 6. The van der Waals surface area contributed by atoms with Gasteiger partial charge < -0.3 is 14.2 Å². The average Bonchev–Trinajstić information content (AvgIpc) is 3.02. The number of aromatic nitrogens is 1. The van der Waals surface area contributed by atoms with Crippen LogP contribution in [0.2, 0.25) is 0 Å². The highest BCUT2D eigenvalue weighted by molar-refractivity contribution is 8.00. The third-order valence-corrected chi connectivity index (χ3v) is 4.91. The van der Waals surface area contributed by atoms with Crippen molar-refractivity contribution in [3.63, 3.8) is 0 Å². The maximum absolute atomic E-state index is 12.9. The molecule has 0 atom stereocenters. The minimum Gasteiger partial charge on any atom is -0.424 e. The first-order chi connectivity index (χ1) is 12.1. The normalized spacial score (nSPS) is 14.4. The summed E-state index contributed by atoms with van der Waals surface area (Å²) in [6, 6.07) is 8.14. The van der Waals surface area contributed by atoms with E-state index in [2.05, 4.69) is 4.98 Å². The molecule has 1 fully saturated rings. The van der Waals surface area contributed by atoms with Gasteiger partial charge in [-0.15, -0.1) is 11.8 Å². The molecule has 25 heavy (non-hydrogen) atoms. The Morgan fingerprint density at radius 1 is 1.32 bits per heavy atom. The molecule has 1 aromatic carbocycles. The van der Waals surface area contributed by atoms with Gasteiger partial charge in [-0.2, -0.15) is 5.26 Å². The number of rotatable bonds is 4. The van der Waals surface area contributed by atoms with Crippen molar-refractivity contribution < 1.29 is 13.6 Å². The van der Waals surface area contributed by atoms with Crippen LogP contribution in [-0.2, 0) is 4.79 Å². The maximum atomic E-state index is 12.9. The van der Waals surface area contributed by atoms with Gasteiger partial charge in [-0.1, -0.05) is 0 Å². The number of carbonyl (C=O) groups is 1. The minimum absolute atomic E-state index is 0.0447. The number of aryl methyl sites for hydroxylation is 1. The number of anilines is 1. The van der Waals surface area contributed by atoms with E-state index < -0.39 is 0 Å². The zero-order valence-electron chi connectivity index (χ0n) is 13.7. The first kappa shape index (κ1) is 17.3. The lowest BCUT2D eigenvalue weighted by Gasteiger charge is -2.34. The van der Waals surface area contributed by atoms with Gasteiger partial charge in [-0.25, -0.2) is 9.37 Å². The number of piperazine rings is 1. The first-order valence-corrected chi connectivity index (χ1v) is 8.84. The zero-order valence-corrected chi connectivity index (χ0v) is 14.6. The summed E-state index contributed by atoms with van der Waals surface area (Å²) in [6.45, 7) is 4.02. The van der Waals surface area contributed by atoms with Crippen LogP contribution < -0.4 is 4.90 Å². The van der Waals surface area contributed by atoms with Crippen molar-refractivity contribution in [1.82, 2.24) is 9.88 Å². The molecule has 0 unspecified atom stereocenters. The Morgan fingerprint density at radius 2 is 2.00 bits per heavy atom. The number of benzene rings is 1. The molecule has 1 aliphatic heterocycles. The molecule has 2 heterocycles. The van der Waals surface area contributed by atoms with Crippen molar-refractivity contribution in [2.75, 3.05) is 36.8 Å². The Morgan fingerprint density at radius 3 is 2.64 bits per heavy atom. The van der Waals surface area contributed by atoms with Crippen molar-refractivity contribution in [3.8, 4) is 6.07 Å². The molecule has 0 radical (unpaired) electrons. The predicted molar refractivity (Wildman–Crippen MR) is 91.9 cm³/mol. The summed E-state index contributed by atoms with van der Waals surface area (Å²) in [5, 5.41) is 9.11. The van der Waals surface area contributed by atoms with Crippen LogP contribution >= 0.6 is 11.8 Å². The number of nitrogens with zero attached hydrogens (tertiary/aromatic N) is 4. The van der Waals surface area contributed by atoms with Crippen LogP contribution in [0, 0.1) is 24.1 Å². The van der Waals surface area contributed by atoms with Crippen LogP contribution in [0.5, 0.6) is 0 Å². The largest absolute Gasteiger partial charge is 0.424 e. The number of carbonyl (C=O) groups excluding carboxylic acids is 1. The van der Waals surface area contributed by atoms with Crippen molar-refractivity contribution in [3.05, 3.63) is 41.7 Å². The van der Waals surface area contributed by atoms with Crippen LogP contribution in [0.4, 0.5) is 10.3 Å². The smallest absolute Gasteiger partial charge is 0.234 e. The van der Waals surface area contributed by atoms with Crippen LogP contribution in [0.15, 0.2) is 33.6 Å². The molecule has 0 N–H and O–H groups in total. The van der Waals surface area contributed by atoms with E-state index in [0.29, 0.717) is 43.7 Å². The van der Waals surface area contributed by atoms with Gasteiger partial charge in [0.2, 0.25) is 17.5 Å². The number of halogens is 1. The molecule has 2 aromatic rings. The number of amides is 1. The fourth-order valence-electron chi connectivity index (χ4n) is 2.63. The summed E-state index contributed by atoms with van der Waals surface area (Å²) in [5.74, 6) is 1.01. The summed E-state index contributed by atoms with van der Waals surface area (Å²) in [7, 11) is 0. The molecule has 6 nitrogen and oxygen atoms in total. The SMILES string of the molecule is Cc1nc(C#N)c(N2CCN(C(=O)CSc3ccc(F)cc3)CC2)o1. The fourth-order valence-corrected chi connectivity index (χ4v) is 3.43. The van der Waals surface area contributed by atoms with Crippen molar-refractivity contribution in [1.29, 1.82) is 5.26 Å². The van der Waals surface area contributed by atoms with Crippen molar-refractivity contribution in [2.45, 2.75) is 11.8 Å². The molecule has 0 saturated carbocycles. The Labute approximate surface area is 149 Å². The van der Waals surface area contributed by atoms with Gasteiger partial charge in [0.1, 0.15) is 11.9 Å². The fraction of sp³-hybridized carbons (Fsp3) is 0.353. The van der Waals surface area contributed by atoms with Crippen molar-refractivity contribution >= 4 is 23.6 Å². The molecule has 1 aromatic heterocycles. The van der Waals surface area contributed by atoms with Gasteiger partial charge >= 0.3 is 0 Å². The van der Waals surface area contributed by atoms with Gasteiger partial charge in [0, 0.05) is 38.0 Å². The molecular formula is C17H17FN4O2S. The van der Waals surface area contributed by atoms with Gasteiger partial charge in [0.05, 0.1) is 5.75 Å². The lowest BCUT2D eigenvalue weighted by Crippen LogP contribution is -2.49. The van der Waals surface area contributed by atoms with Gasteiger partial charge in [0.15, 0.2) is 5.89 Å². The molecule has 1 aliphatic rings. The third-order valence-electron chi connectivity index (χ3n) is 3.92. The van der Waals surface area contributed by atoms with Crippen LogP contribution in [0.1, 0.15) is 11.6 Å². The maximum Gasteiger partial charge on any atom is 0.234 e. The number of hydrogen-bond donors (Lipinski definition) is 0. The average molecular weight is 360 g/mol. The molecule has 8 heteroatoms. The summed E-state index contributed by atoms with van der Waals surface area (Å²) in [5.41, 5.74) is 0.282. The van der Waals surface area contributed by atoms with E-state index in [1.165, 1.54) is 23.9 Å². The zero-order chi connectivity index (χ0) is 17.8. The van der Waals surface area contributed by atoms with Crippen molar-refractivity contribution in [2.24, 2.45) is 0 Å². The van der Waals surface area contributed by atoms with E-state index in [9.17, 15) is 9.18 Å². The van der Waals surface area contributed by atoms with Gasteiger partial charge in [0.25, 0.3) is 0 Å². The van der Waals surface area contributed by atoms with Crippen LogP contribution in [0.3, 0.4) is 0 Å². The number of oxazole rings is 1. The first-order valence-electron chi connectivity index (χ1n) is 7.85. The lowest BCUT2D eigenvalue weighted by atomic mass is 10.3. The molecule has 0 spiro atoms. The second-order valence-corrected chi connectivity index (χ2v) is 6.66. The van der Waals surface area contributed by atoms with E-state index in [0.717, 1.165) is 4.90 Å².